The van der Waals surface area contributed by atoms with Gasteiger partial charge in [-0.2, -0.15) is 0 Å². The molecule has 0 amide bonds. The highest BCUT2D eigenvalue weighted by atomic mass is 16.1. The van der Waals surface area contributed by atoms with Crippen LogP contribution in [0.15, 0.2) is 47.7 Å². The van der Waals surface area contributed by atoms with E-state index in [4.69, 9.17) is 0 Å². The third-order valence-electron chi connectivity index (χ3n) is 10.2. The zero-order valence-corrected chi connectivity index (χ0v) is 23.1. The number of pyridine rings is 1. The van der Waals surface area contributed by atoms with Gasteiger partial charge < -0.3 is 9.55 Å². The Morgan fingerprint density at radius 2 is 1.97 bits per heavy atom. The minimum absolute atomic E-state index is 0.0461. The second kappa shape index (κ2) is 8.40. The molecule has 1 aliphatic heterocycles. The quantitative estimate of drug-likeness (QED) is 0.367. The van der Waals surface area contributed by atoms with Gasteiger partial charge in [0.1, 0.15) is 17.7 Å². The molecule has 1 saturated heterocycles. The topological polar surface area (TPSA) is 71.7 Å². The van der Waals surface area contributed by atoms with Crippen molar-refractivity contribution in [1.29, 1.82) is 0 Å². The Bertz CT molecular complexity index is 1630. The summed E-state index contributed by atoms with van der Waals surface area (Å²) in [4.78, 5) is 20.1. The maximum Gasteiger partial charge on any atom is 0.279 e. The van der Waals surface area contributed by atoms with Crippen molar-refractivity contribution in [1.82, 2.24) is 29.2 Å². The van der Waals surface area contributed by atoms with Crippen LogP contribution in [0.5, 0.6) is 0 Å². The number of fused-ring (bicyclic) bond motifs is 1. The Labute approximate surface area is 229 Å². The Kier molecular flexibility index (Phi) is 5.10. The monoisotopic (exact) mass is 522 g/mol. The molecule has 1 spiro atoms. The van der Waals surface area contributed by atoms with Crippen LogP contribution < -0.4 is 5.56 Å². The van der Waals surface area contributed by atoms with Gasteiger partial charge in [-0.05, 0) is 104 Å². The smallest absolute Gasteiger partial charge is 0.279 e. The normalized spacial score (nSPS) is 23.8. The molecule has 1 aromatic carbocycles. The van der Waals surface area contributed by atoms with Crippen LogP contribution >= 0.6 is 0 Å². The van der Waals surface area contributed by atoms with Crippen LogP contribution in [-0.2, 0) is 19.0 Å². The Hall–Kier alpha value is -3.19. The Morgan fingerprint density at radius 1 is 1.13 bits per heavy atom. The first-order valence-electron chi connectivity index (χ1n) is 14.9. The van der Waals surface area contributed by atoms with Gasteiger partial charge in [-0.3, -0.25) is 14.3 Å². The van der Waals surface area contributed by atoms with Gasteiger partial charge >= 0.3 is 0 Å². The zero-order valence-electron chi connectivity index (χ0n) is 23.1. The van der Waals surface area contributed by atoms with Gasteiger partial charge in [-0.1, -0.05) is 19.1 Å². The van der Waals surface area contributed by atoms with Crippen molar-refractivity contribution in [3.8, 4) is 5.69 Å². The van der Waals surface area contributed by atoms with Gasteiger partial charge in [0.2, 0.25) is 0 Å². The Morgan fingerprint density at radius 3 is 2.69 bits per heavy atom. The van der Waals surface area contributed by atoms with E-state index in [1.807, 2.05) is 17.9 Å². The molecule has 39 heavy (non-hydrogen) atoms. The lowest BCUT2D eigenvalue weighted by atomic mass is 9.56. The summed E-state index contributed by atoms with van der Waals surface area (Å²) in [7, 11) is 2.05. The average molecular weight is 523 g/mol. The SMILES string of the molecule is C[C@H]1CCCN(Cc2cc3c(C4CC4)cn(-c4cccc(C5(c6nncn6C)CC6(CC6)C5)c4)c(=O)c3[nH]2)C1. The highest BCUT2D eigenvalue weighted by Crippen LogP contribution is 2.70. The van der Waals surface area contributed by atoms with Crippen LogP contribution in [0.25, 0.3) is 16.6 Å². The van der Waals surface area contributed by atoms with E-state index in [9.17, 15) is 4.79 Å². The molecule has 1 N–H and O–H groups in total. The maximum absolute atomic E-state index is 14.0. The van der Waals surface area contributed by atoms with E-state index < -0.39 is 0 Å². The average Bonchev–Trinajstić information content (AvgIpc) is 3.82. The summed E-state index contributed by atoms with van der Waals surface area (Å²) < 4.78 is 3.98. The summed E-state index contributed by atoms with van der Waals surface area (Å²) in [6.07, 6.45) is 13.8. The highest BCUT2D eigenvalue weighted by Gasteiger charge is 2.63. The number of nitrogens with zero attached hydrogens (tertiary/aromatic N) is 5. The van der Waals surface area contributed by atoms with Crippen LogP contribution in [0.1, 0.15) is 86.9 Å². The van der Waals surface area contributed by atoms with Gasteiger partial charge in [0, 0.05) is 43.1 Å². The number of piperidine rings is 1. The number of benzene rings is 1. The van der Waals surface area contributed by atoms with Crippen LogP contribution in [0.3, 0.4) is 0 Å². The maximum atomic E-state index is 14.0. The van der Waals surface area contributed by atoms with Crippen molar-refractivity contribution in [2.24, 2.45) is 18.4 Å². The molecule has 202 valence electrons. The number of aryl methyl sites for hydroxylation is 1. The first kappa shape index (κ1) is 23.7. The van der Waals surface area contributed by atoms with E-state index >= 15 is 0 Å². The summed E-state index contributed by atoms with van der Waals surface area (Å²) >= 11 is 0. The van der Waals surface area contributed by atoms with E-state index in [2.05, 4.69) is 68.1 Å². The summed E-state index contributed by atoms with van der Waals surface area (Å²) in [5.74, 6) is 2.33. The third-order valence-corrected chi connectivity index (χ3v) is 10.2. The number of rotatable bonds is 6. The van der Waals surface area contributed by atoms with Crippen LogP contribution in [0.2, 0.25) is 0 Å². The van der Waals surface area contributed by atoms with Crippen LogP contribution in [0, 0.1) is 11.3 Å². The summed E-state index contributed by atoms with van der Waals surface area (Å²) in [5.41, 5.74) is 5.83. The number of hydrogen-bond donors (Lipinski definition) is 1. The molecule has 3 aromatic heterocycles. The fraction of sp³-hybridized carbons (Fsp3) is 0.531. The molecule has 3 aliphatic carbocycles. The molecule has 4 heterocycles. The van der Waals surface area contributed by atoms with Gasteiger partial charge in [0.15, 0.2) is 0 Å². The van der Waals surface area contributed by atoms with E-state index in [1.54, 1.807) is 0 Å². The summed E-state index contributed by atoms with van der Waals surface area (Å²) in [5, 5.41) is 9.93. The van der Waals surface area contributed by atoms with E-state index in [1.165, 1.54) is 49.7 Å². The molecule has 7 nitrogen and oxygen atoms in total. The molecule has 8 rings (SSSR count). The molecule has 0 unspecified atom stereocenters. The second-order valence-corrected chi connectivity index (χ2v) is 13.4. The molecular formula is C32H38N6O. The number of aromatic amines is 1. The van der Waals surface area contributed by atoms with Gasteiger partial charge in [-0.15, -0.1) is 10.2 Å². The minimum atomic E-state index is -0.129. The molecular weight excluding hydrogens is 484 g/mol. The van der Waals surface area contributed by atoms with E-state index in [-0.39, 0.29) is 11.0 Å². The molecule has 0 bridgehead atoms. The number of likely N-dealkylation sites (tertiary alicyclic amines) is 1. The molecule has 1 atom stereocenters. The van der Waals surface area contributed by atoms with Gasteiger partial charge in [0.05, 0.1) is 5.41 Å². The van der Waals surface area contributed by atoms with Crippen molar-refractivity contribution >= 4 is 10.9 Å². The fourth-order valence-corrected chi connectivity index (χ4v) is 7.88. The molecule has 4 aromatic rings. The lowest BCUT2D eigenvalue weighted by molar-refractivity contribution is 0.145. The minimum Gasteiger partial charge on any atom is -0.353 e. The lowest BCUT2D eigenvalue weighted by Gasteiger charge is -2.48. The lowest BCUT2D eigenvalue weighted by Crippen LogP contribution is -2.45. The predicted molar refractivity (Wildman–Crippen MR) is 152 cm³/mol. The molecule has 4 aliphatic rings. The second-order valence-electron chi connectivity index (χ2n) is 13.4. The van der Waals surface area contributed by atoms with Crippen molar-refractivity contribution in [3.05, 3.63) is 75.9 Å². The fourth-order valence-electron chi connectivity index (χ4n) is 7.88. The number of nitrogens with one attached hydrogen (secondary N) is 1. The standard InChI is InChI=1S/C32H38N6O/c1-21-5-4-12-37(15-21)16-24-14-26-27(22-8-9-22)17-38(29(39)28(26)34-24)25-7-3-6-23(13-25)32(18-31(19-32)10-11-31)30-35-33-20-36(30)2/h3,6-7,13-14,17,20-22,34H,4-5,8-12,15-16,18-19H2,1-2H3/t21-/m0/s1. The summed E-state index contributed by atoms with van der Waals surface area (Å²) in [6.45, 7) is 5.51. The first-order valence-corrected chi connectivity index (χ1v) is 14.9. The number of aromatic nitrogens is 5. The van der Waals surface area contributed by atoms with E-state index in [0.29, 0.717) is 11.3 Å². The first-order chi connectivity index (χ1) is 18.9. The van der Waals surface area contributed by atoms with Crippen molar-refractivity contribution < 1.29 is 0 Å². The number of H-pyrrole nitrogens is 1. The molecule has 4 fully saturated rings. The van der Waals surface area contributed by atoms with Crippen molar-refractivity contribution in [3.63, 3.8) is 0 Å². The highest BCUT2D eigenvalue weighted by molar-refractivity contribution is 5.84. The predicted octanol–water partition coefficient (Wildman–Crippen LogP) is 5.42. The van der Waals surface area contributed by atoms with Crippen molar-refractivity contribution in [2.45, 2.75) is 76.2 Å². The van der Waals surface area contributed by atoms with Gasteiger partial charge in [-0.25, -0.2) is 0 Å². The molecule has 3 saturated carbocycles. The summed E-state index contributed by atoms with van der Waals surface area (Å²) in [6, 6.07) is 10.9. The van der Waals surface area contributed by atoms with Crippen LogP contribution in [-0.4, -0.2) is 42.3 Å². The molecule has 7 heteroatoms. The van der Waals surface area contributed by atoms with Crippen LogP contribution in [0.4, 0.5) is 0 Å². The number of hydrogen-bond acceptors (Lipinski definition) is 4. The molecule has 0 radical (unpaired) electrons. The zero-order chi connectivity index (χ0) is 26.4. The van der Waals surface area contributed by atoms with Crippen molar-refractivity contribution in [2.75, 3.05) is 13.1 Å². The van der Waals surface area contributed by atoms with Gasteiger partial charge in [0.25, 0.3) is 5.56 Å². The van der Waals surface area contributed by atoms with E-state index in [0.717, 1.165) is 66.5 Å². The third kappa shape index (κ3) is 3.84. The largest absolute Gasteiger partial charge is 0.353 e. The Balaban J connectivity index is 1.20.